The maximum absolute atomic E-state index is 12.6. The van der Waals surface area contributed by atoms with Gasteiger partial charge in [-0.3, -0.25) is 4.31 Å². The second-order valence-corrected chi connectivity index (χ2v) is 5.83. The number of nitrogens with zero attached hydrogens (tertiary/aromatic N) is 2. The molecule has 102 valence electrons. The van der Waals surface area contributed by atoms with Crippen LogP contribution in [-0.2, 0) is 10.0 Å². The Hall–Kier alpha value is -1.79. The molecule has 1 heterocycles. The number of hydrogen-bond acceptors (Lipinski definition) is 4. The van der Waals surface area contributed by atoms with Crippen molar-refractivity contribution in [3.63, 3.8) is 0 Å². The lowest BCUT2D eigenvalue weighted by Crippen LogP contribution is -2.40. The molecule has 1 aromatic rings. The number of rotatable bonds is 1. The SMILES string of the molecule is N#Cc1ccc2c(c1)N(S(=O)(=O)C(F)(F)F)CC2N. The molecule has 1 aromatic carbocycles. The minimum atomic E-state index is -5.50. The number of benzene rings is 1. The number of fused-ring (bicyclic) bond motifs is 1. The van der Waals surface area contributed by atoms with Crippen LogP contribution in [0.25, 0.3) is 0 Å². The van der Waals surface area contributed by atoms with Crippen molar-refractivity contribution in [3.05, 3.63) is 29.3 Å². The number of sulfonamides is 1. The number of alkyl halides is 3. The lowest BCUT2D eigenvalue weighted by atomic mass is 10.1. The molecule has 0 spiro atoms. The molecular weight excluding hydrogens is 283 g/mol. The fourth-order valence-corrected chi connectivity index (χ4v) is 2.89. The van der Waals surface area contributed by atoms with E-state index in [2.05, 4.69) is 0 Å². The molecule has 0 amide bonds. The fourth-order valence-electron chi connectivity index (χ4n) is 1.87. The van der Waals surface area contributed by atoms with Gasteiger partial charge in [0.25, 0.3) is 0 Å². The van der Waals surface area contributed by atoms with Crippen LogP contribution in [0.4, 0.5) is 18.9 Å². The van der Waals surface area contributed by atoms with Gasteiger partial charge in [0.05, 0.1) is 29.9 Å². The summed E-state index contributed by atoms with van der Waals surface area (Å²) in [5, 5.41) is 8.71. The maximum atomic E-state index is 12.6. The number of anilines is 1. The predicted octanol–water partition coefficient (Wildman–Crippen LogP) is 1.23. The van der Waals surface area contributed by atoms with Gasteiger partial charge in [-0.2, -0.15) is 26.9 Å². The minimum absolute atomic E-state index is 0.0650. The van der Waals surface area contributed by atoms with Gasteiger partial charge in [-0.05, 0) is 17.7 Å². The second kappa shape index (κ2) is 4.11. The Labute approximate surface area is 107 Å². The van der Waals surface area contributed by atoms with Gasteiger partial charge >= 0.3 is 15.5 Å². The average molecular weight is 291 g/mol. The summed E-state index contributed by atoms with van der Waals surface area (Å²) in [6, 6.07) is 4.72. The van der Waals surface area contributed by atoms with E-state index in [1.54, 1.807) is 6.07 Å². The van der Waals surface area contributed by atoms with Crippen LogP contribution in [0.15, 0.2) is 18.2 Å². The molecule has 0 aliphatic carbocycles. The zero-order chi connectivity index (χ0) is 14.4. The van der Waals surface area contributed by atoms with E-state index in [0.717, 1.165) is 6.07 Å². The van der Waals surface area contributed by atoms with Crippen molar-refractivity contribution in [3.8, 4) is 6.07 Å². The number of nitrogens with two attached hydrogens (primary N) is 1. The second-order valence-electron chi connectivity index (χ2n) is 3.97. The van der Waals surface area contributed by atoms with Gasteiger partial charge in [-0.25, -0.2) is 0 Å². The lowest BCUT2D eigenvalue weighted by molar-refractivity contribution is -0.0438. The molecule has 0 saturated carbocycles. The molecule has 1 atom stereocenters. The Bertz CT molecular complexity index is 664. The molecule has 2 rings (SSSR count). The molecule has 0 radical (unpaired) electrons. The Balaban J connectivity index is 2.59. The first-order chi connectivity index (χ1) is 8.68. The van der Waals surface area contributed by atoms with Crippen molar-refractivity contribution in [1.82, 2.24) is 0 Å². The van der Waals surface area contributed by atoms with E-state index >= 15 is 0 Å². The summed E-state index contributed by atoms with van der Waals surface area (Å²) < 4.78 is 60.7. The molecule has 9 heteroatoms. The summed E-state index contributed by atoms with van der Waals surface area (Å²) in [5.74, 6) is 0. The Kier molecular flexibility index (Phi) is 2.95. The standard InChI is InChI=1S/C10H8F3N3O2S/c11-10(12,13)19(17,18)16-5-8(15)7-2-1-6(4-14)3-9(7)16/h1-3,8H,5,15H2. The third kappa shape index (κ3) is 2.02. The first-order valence-electron chi connectivity index (χ1n) is 5.07. The molecule has 0 saturated heterocycles. The molecule has 0 fully saturated rings. The zero-order valence-electron chi connectivity index (χ0n) is 9.35. The van der Waals surface area contributed by atoms with Crippen LogP contribution in [0, 0.1) is 11.3 Å². The monoisotopic (exact) mass is 291 g/mol. The zero-order valence-corrected chi connectivity index (χ0v) is 10.2. The number of nitriles is 1. The molecule has 19 heavy (non-hydrogen) atoms. The Morgan fingerprint density at radius 1 is 1.42 bits per heavy atom. The van der Waals surface area contributed by atoms with Gasteiger partial charge in [0.1, 0.15) is 0 Å². The van der Waals surface area contributed by atoms with Crippen LogP contribution in [0.1, 0.15) is 17.2 Å². The van der Waals surface area contributed by atoms with Crippen LogP contribution in [0.5, 0.6) is 0 Å². The van der Waals surface area contributed by atoms with Crippen LogP contribution < -0.4 is 10.0 Å². The number of halogens is 3. The van der Waals surface area contributed by atoms with Crippen LogP contribution in [0.3, 0.4) is 0 Å². The highest BCUT2D eigenvalue weighted by Crippen LogP contribution is 2.40. The summed E-state index contributed by atoms with van der Waals surface area (Å²) >= 11 is 0. The molecule has 1 aliphatic heterocycles. The highest BCUT2D eigenvalue weighted by molar-refractivity contribution is 7.93. The van der Waals surface area contributed by atoms with Crippen molar-refractivity contribution >= 4 is 15.7 Å². The van der Waals surface area contributed by atoms with Gasteiger partial charge in [-0.1, -0.05) is 6.07 Å². The highest BCUT2D eigenvalue weighted by atomic mass is 32.2. The van der Waals surface area contributed by atoms with Gasteiger partial charge in [0.2, 0.25) is 0 Å². The smallest absolute Gasteiger partial charge is 0.322 e. The summed E-state index contributed by atoms with van der Waals surface area (Å²) in [6.45, 7) is -0.494. The molecule has 0 aromatic heterocycles. The topological polar surface area (TPSA) is 87.2 Å². The predicted molar refractivity (Wildman–Crippen MR) is 60.4 cm³/mol. The van der Waals surface area contributed by atoms with Crippen molar-refractivity contribution in [2.75, 3.05) is 10.8 Å². The van der Waals surface area contributed by atoms with Crippen LogP contribution in [0.2, 0.25) is 0 Å². The summed E-state index contributed by atoms with van der Waals surface area (Å²) in [6.07, 6.45) is 0. The number of hydrogen-bond donors (Lipinski definition) is 1. The third-order valence-electron chi connectivity index (χ3n) is 2.77. The minimum Gasteiger partial charge on any atom is -0.322 e. The van der Waals surface area contributed by atoms with E-state index in [1.165, 1.54) is 12.1 Å². The largest absolute Gasteiger partial charge is 0.516 e. The van der Waals surface area contributed by atoms with E-state index in [0.29, 0.717) is 0 Å². The maximum Gasteiger partial charge on any atom is 0.516 e. The average Bonchev–Trinajstić information content (AvgIpc) is 2.65. The van der Waals surface area contributed by atoms with Crippen LogP contribution >= 0.6 is 0 Å². The fraction of sp³-hybridized carbons (Fsp3) is 0.300. The normalized spacial score (nSPS) is 19.1. The van der Waals surface area contributed by atoms with Crippen molar-refractivity contribution in [1.29, 1.82) is 5.26 Å². The Morgan fingerprint density at radius 2 is 2.05 bits per heavy atom. The van der Waals surface area contributed by atoms with Gasteiger partial charge in [-0.15, -0.1) is 0 Å². The van der Waals surface area contributed by atoms with Gasteiger partial charge in [0.15, 0.2) is 0 Å². The molecule has 0 bridgehead atoms. The van der Waals surface area contributed by atoms with Crippen molar-refractivity contribution in [2.24, 2.45) is 5.73 Å². The van der Waals surface area contributed by atoms with Gasteiger partial charge < -0.3 is 5.73 Å². The summed E-state index contributed by atoms with van der Waals surface area (Å²) in [5.41, 5.74) is 0.350. The molecular formula is C10H8F3N3O2S. The summed E-state index contributed by atoms with van der Waals surface area (Å²) in [7, 11) is -5.50. The Morgan fingerprint density at radius 3 is 2.58 bits per heavy atom. The van der Waals surface area contributed by atoms with E-state index in [1.807, 2.05) is 0 Å². The molecule has 1 aliphatic rings. The van der Waals surface area contributed by atoms with Crippen molar-refractivity contribution in [2.45, 2.75) is 11.6 Å². The first-order valence-corrected chi connectivity index (χ1v) is 6.51. The highest BCUT2D eigenvalue weighted by Gasteiger charge is 2.52. The molecule has 5 nitrogen and oxygen atoms in total. The van der Waals surface area contributed by atoms with E-state index in [4.69, 9.17) is 11.0 Å². The molecule has 1 unspecified atom stereocenters. The lowest BCUT2D eigenvalue weighted by Gasteiger charge is -2.20. The van der Waals surface area contributed by atoms with Gasteiger partial charge in [0, 0.05) is 0 Å². The first kappa shape index (κ1) is 13.6. The summed E-state index contributed by atoms with van der Waals surface area (Å²) in [4.78, 5) is 0. The van der Waals surface area contributed by atoms with E-state index in [-0.39, 0.29) is 21.1 Å². The van der Waals surface area contributed by atoms with Crippen molar-refractivity contribution < 1.29 is 21.6 Å². The third-order valence-corrected chi connectivity index (χ3v) is 4.28. The quantitative estimate of drug-likeness (QED) is 0.843. The van der Waals surface area contributed by atoms with Crippen LogP contribution in [-0.4, -0.2) is 20.5 Å². The van der Waals surface area contributed by atoms with E-state index < -0.39 is 28.1 Å². The van der Waals surface area contributed by atoms with E-state index in [9.17, 15) is 21.6 Å². The molecule has 2 N–H and O–H groups in total.